The van der Waals surface area contributed by atoms with Gasteiger partial charge in [-0.25, -0.2) is 4.79 Å². The van der Waals surface area contributed by atoms with Crippen molar-refractivity contribution in [2.24, 2.45) is 5.92 Å². The van der Waals surface area contributed by atoms with Gasteiger partial charge >= 0.3 is 6.09 Å². The van der Waals surface area contributed by atoms with Gasteiger partial charge in [0.1, 0.15) is 5.60 Å². The highest BCUT2D eigenvalue weighted by Crippen LogP contribution is 2.33. The second-order valence-electron chi connectivity index (χ2n) is 6.62. The summed E-state index contributed by atoms with van der Waals surface area (Å²) in [6.07, 6.45) is 5.47. The van der Waals surface area contributed by atoms with Crippen LogP contribution in [0.2, 0.25) is 0 Å². The van der Waals surface area contributed by atoms with E-state index in [0.717, 1.165) is 24.9 Å². The van der Waals surface area contributed by atoms with Gasteiger partial charge in [0.25, 0.3) is 0 Å². The standard InChI is InChI=1S/C16H24N2O2/c1-12-7-8-14(13-6-5-9-17-10-13)18(11-12)15(19)20-16(2,3)4/h5-6,9-10,12,14H,7-8,11H2,1-4H3/t12-,14-/m1/s1. The van der Waals surface area contributed by atoms with Crippen molar-refractivity contribution in [1.29, 1.82) is 0 Å². The number of pyridine rings is 1. The molecule has 1 amide bonds. The van der Waals surface area contributed by atoms with Gasteiger partial charge in [0, 0.05) is 18.9 Å². The van der Waals surface area contributed by atoms with Crippen molar-refractivity contribution in [2.45, 2.75) is 52.2 Å². The maximum absolute atomic E-state index is 12.4. The third-order valence-corrected chi connectivity index (χ3v) is 3.51. The van der Waals surface area contributed by atoms with E-state index in [-0.39, 0.29) is 12.1 Å². The molecule has 20 heavy (non-hydrogen) atoms. The van der Waals surface area contributed by atoms with Crippen molar-refractivity contribution in [3.63, 3.8) is 0 Å². The van der Waals surface area contributed by atoms with Gasteiger partial charge in [0.05, 0.1) is 6.04 Å². The summed E-state index contributed by atoms with van der Waals surface area (Å²) >= 11 is 0. The Bertz CT molecular complexity index is 453. The van der Waals surface area contributed by atoms with Crippen LogP contribution in [0.25, 0.3) is 0 Å². The fourth-order valence-electron chi connectivity index (χ4n) is 2.59. The number of hydrogen-bond acceptors (Lipinski definition) is 3. The van der Waals surface area contributed by atoms with E-state index in [9.17, 15) is 4.79 Å². The summed E-state index contributed by atoms with van der Waals surface area (Å²) in [6, 6.07) is 4.03. The van der Waals surface area contributed by atoms with Crippen molar-refractivity contribution in [2.75, 3.05) is 6.54 Å². The predicted molar refractivity (Wildman–Crippen MR) is 78.3 cm³/mol. The average Bonchev–Trinajstić information content (AvgIpc) is 2.37. The van der Waals surface area contributed by atoms with E-state index in [1.54, 1.807) is 6.20 Å². The SMILES string of the molecule is C[C@@H]1CC[C@H](c2cccnc2)N(C(=O)OC(C)(C)C)C1. The molecule has 0 aromatic carbocycles. The lowest BCUT2D eigenvalue weighted by atomic mass is 9.91. The molecule has 1 aliphatic rings. The van der Waals surface area contributed by atoms with Gasteiger partial charge in [-0.2, -0.15) is 0 Å². The summed E-state index contributed by atoms with van der Waals surface area (Å²) in [5, 5.41) is 0. The molecule has 2 rings (SSSR count). The molecule has 0 saturated carbocycles. The molecular weight excluding hydrogens is 252 g/mol. The molecule has 4 heteroatoms. The van der Waals surface area contributed by atoms with E-state index in [1.807, 2.05) is 44.0 Å². The first-order valence-corrected chi connectivity index (χ1v) is 7.26. The van der Waals surface area contributed by atoms with Gasteiger partial charge in [0.15, 0.2) is 0 Å². The number of ether oxygens (including phenoxy) is 1. The number of likely N-dealkylation sites (tertiary alicyclic amines) is 1. The summed E-state index contributed by atoms with van der Waals surface area (Å²) in [7, 11) is 0. The first-order valence-electron chi connectivity index (χ1n) is 7.26. The highest BCUT2D eigenvalue weighted by Gasteiger charge is 2.33. The molecule has 2 heterocycles. The van der Waals surface area contributed by atoms with E-state index >= 15 is 0 Å². The van der Waals surface area contributed by atoms with Gasteiger partial charge in [-0.15, -0.1) is 0 Å². The van der Waals surface area contributed by atoms with Crippen molar-refractivity contribution in [1.82, 2.24) is 9.88 Å². The molecule has 0 spiro atoms. The van der Waals surface area contributed by atoms with Gasteiger partial charge in [-0.05, 0) is 51.2 Å². The van der Waals surface area contributed by atoms with E-state index < -0.39 is 5.60 Å². The summed E-state index contributed by atoms with van der Waals surface area (Å²) in [4.78, 5) is 18.5. The molecule has 0 unspecified atom stereocenters. The molecule has 0 radical (unpaired) electrons. The van der Waals surface area contributed by atoms with Crippen molar-refractivity contribution < 1.29 is 9.53 Å². The Kier molecular flexibility index (Phi) is 4.31. The number of hydrogen-bond donors (Lipinski definition) is 0. The van der Waals surface area contributed by atoms with Crippen LogP contribution in [0.15, 0.2) is 24.5 Å². The van der Waals surface area contributed by atoms with Crippen LogP contribution in [0, 0.1) is 5.92 Å². The van der Waals surface area contributed by atoms with Crippen molar-refractivity contribution >= 4 is 6.09 Å². The fraction of sp³-hybridized carbons (Fsp3) is 0.625. The summed E-state index contributed by atoms with van der Waals surface area (Å²) in [6.45, 7) is 8.62. The molecule has 110 valence electrons. The van der Waals surface area contributed by atoms with Gasteiger partial charge in [0.2, 0.25) is 0 Å². The average molecular weight is 276 g/mol. The van der Waals surface area contributed by atoms with Crippen LogP contribution < -0.4 is 0 Å². The van der Waals surface area contributed by atoms with Crippen LogP contribution in [-0.2, 0) is 4.74 Å². The number of rotatable bonds is 1. The molecular formula is C16H24N2O2. The van der Waals surface area contributed by atoms with Gasteiger partial charge in [-0.1, -0.05) is 13.0 Å². The number of aromatic nitrogens is 1. The Labute approximate surface area is 121 Å². The lowest BCUT2D eigenvalue weighted by Gasteiger charge is -2.39. The highest BCUT2D eigenvalue weighted by molar-refractivity contribution is 5.69. The zero-order valence-electron chi connectivity index (χ0n) is 12.8. The first-order chi connectivity index (χ1) is 9.37. The minimum atomic E-state index is -0.461. The predicted octanol–water partition coefficient (Wildman–Crippen LogP) is 3.79. The van der Waals surface area contributed by atoms with Gasteiger partial charge in [-0.3, -0.25) is 4.98 Å². The van der Waals surface area contributed by atoms with E-state index in [2.05, 4.69) is 11.9 Å². The normalized spacial score (nSPS) is 23.5. The Morgan fingerprint density at radius 1 is 1.40 bits per heavy atom. The third kappa shape index (κ3) is 3.71. The highest BCUT2D eigenvalue weighted by atomic mass is 16.6. The van der Waals surface area contributed by atoms with E-state index in [4.69, 9.17) is 4.74 Å². The second-order valence-corrected chi connectivity index (χ2v) is 6.62. The Morgan fingerprint density at radius 2 is 2.15 bits per heavy atom. The van der Waals surface area contributed by atoms with Crippen LogP contribution in [0.3, 0.4) is 0 Å². The lowest BCUT2D eigenvalue weighted by Crippen LogP contribution is -2.44. The second kappa shape index (κ2) is 5.81. The maximum Gasteiger partial charge on any atom is 0.410 e. The largest absolute Gasteiger partial charge is 0.444 e. The number of carbonyl (C=O) groups is 1. The quantitative estimate of drug-likeness (QED) is 0.783. The molecule has 1 aromatic heterocycles. The number of carbonyl (C=O) groups excluding carboxylic acids is 1. The minimum Gasteiger partial charge on any atom is -0.444 e. The smallest absolute Gasteiger partial charge is 0.410 e. The maximum atomic E-state index is 12.4. The molecule has 0 aliphatic carbocycles. The van der Waals surface area contributed by atoms with Gasteiger partial charge < -0.3 is 9.64 Å². The Balaban J connectivity index is 2.19. The van der Waals surface area contributed by atoms with Crippen LogP contribution in [0.5, 0.6) is 0 Å². The van der Waals surface area contributed by atoms with Crippen molar-refractivity contribution in [3.8, 4) is 0 Å². The zero-order valence-corrected chi connectivity index (χ0v) is 12.8. The molecule has 0 N–H and O–H groups in total. The molecule has 1 saturated heterocycles. The summed E-state index contributed by atoms with van der Waals surface area (Å²) in [5.41, 5.74) is 0.627. The number of amides is 1. The van der Waals surface area contributed by atoms with E-state index in [1.165, 1.54) is 0 Å². The topological polar surface area (TPSA) is 42.4 Å². The molecule has 1 aliphatic heterocycles. The number of nitrogens with zero attached hydrogens (tertiary/aromatic N) is 2. The minimum absolute atomic E-state index is 0.0785. The first kappa shape index (κ1) is 14.8. The molecule has 2 atom stereocenters. The molecule has 1 aromatic rings. The molecule has 1 fully saturated rings. The van der Waals surface area contributed by atoms with Crippen LogP contribution >= 0.6 is 0 Å². The summed E-state index contributed by atoms with van der Waals surface area (Å²) in [5.74, 6) is 0.510. The Hall–Kier alpha value is -1.58. The Morgan fingerprint density at radius 3 is 2.75 bits per heavy atom. The van der Waals surface area contributed by atoms with E-state index in [0.29, 0.717) is 5.92 Å². The zero-order chi connectivity index (χ0) is 14.8. The van der Waals surface area contributed by atoms with Crippen molar-refractivity contribution in [3.05, 3.63) is 30.1 Å². The van der Waals surface area contributed by atoms with Crippen LogP contribution in [-0.4, -0.2) is 28.1 Å². The fourth-order valence-corrected chi connectivity index (χ4v) is 2.59. The van der Waals surface area contributed by atoms with Crippen LogP contribution in [0.1, 0.15) is 52.1 Å². The lowest BCUT2D eigenvalue weighted by molar-refractivity contribution is 0.00360. The summed E-state index contributed by atoms with van der Waals surface area (Å²) < 4.78 is 5.54. The number of piperidine rings is 1. The monoisotopic (exact) mass is 276 g/mol. The molecule has 0 bridgehead atoms. The third-order valence-electron chi connectivity index (χ3n) is 3.51. The molecule has 4 nitrogen and oxygen atoms in total. The van der Waals surface area contributed by atoms with Crippen LogP contribution in [0.4, 0.5) is 4.79 Å².